The van der Waals surface area contributed by atoms with E-state index >= 15 is 0 Å². The van der Waals surface area contributed by atoms with Gasteiger partial charge in [-0.3, -0.25) is 19.9 Å². The Bertz CT molecular complexity index is 560. The molecule has 1 heterocycles. The van der Waals surface area contributed by atoms with E-state index in [-0.39, 0.29) is 30.0 Å². The molecule has 1 aromatic heterocycles. The fraction of sp³-hybridized carbons (Fsp3) is 0.417. The molecule has 0 aliphatic heterocycles. The van der Waals surface area contributed by atoms with Gasteiger partial charge in [0, 0.05) is 26.2 Å². The topological polar surface area (TPSA) is 132 Å². The number of pyridine rings is 1. The number of methoxy groups -OCH3 is 1. The van der Waals surface area contributed by atoms with Crippen LogP contribution < -0.4 is 5.32 Å². The van der Waals surface area contributed by atoms with Crippen molar-refractivity contribution in [3.05, 3.63) is 33.6 Å². The van der Waals surface area contributed by atoms with E-state index in [1.165, 1.54) is 14.0 Å². The Labute approximate surface area is 120 Å². The number of carbonyl (C=O) groups is 2. The Morgan fingerprint density at radius 1 is 1.57 bits per heavy atom. The summed E-state index contributed by atoms with van der Waals surface area (Å²) in [5, 5.41) is 22.0. The number of rotatable bonds is 7. The van der Waals surface area contributed by atoms with Crippen molar-refractivity contribution in [1.29, 1.82) is 0 Å². The van der Waals surface area contributed by atoms with E-state index in [1.807, 2.05) is 0 Å². The third kappa shape index (κ3) is 4.49. The number of amides is 1. The summed E-state index contributed by atoms with van der Waals surface area (Å²) in [4.78, 5) is 36.8. The lowest BCUT2D eigenvalue weighted by atomic mass is 10.1. The molecule has 0 aliphatic rings. The first-order valence-electron chi connectivity index (χ1n) is 6.00. The maximum absolute atomic E-state index is 12.0. The highest BCUT2D eigenvalue weighted by Gasteiger charge is 2.23. The summed E-state index contributed by atoms with van der Waals surface area (Å²) in [7, 11) is 1.41. The number of carbonyl (C=O) groups excluding carboxylic acids is 1. The van der Waals surface area contributed by atoms with E-state index in [9.17, 15) is 19.7 Å². The average molecular weight is 297 g/mol. The molecule has 1 unspecified atom stereocenters. The molecule has 114 valence electrons. The molecule has 9 nitrogen and oxygen atoms in total. The molecule has 0 aliphatic carbocycles. The van der Waals surface area contributed by atoms with Crippen LogP contribution in [0.15, 0.2) is 12.3 Å². The van der Waals surface area contributed by atoms with Crippen LogP contribution in [0.5, 0.6) is 0 Å². The van der Waals surface area contributed by atoms with Gasteiger partial charge >= 0.3 is 5.97 Å². The number of nitrogens with one attached hydrogen (secondary N) is 1. The van der Waals surface area contributed by atoms with E-state index in [4.69, 9.17) is 9.84 Å². The molecule has 1 aromatic rings. The molecule has 0 spiro atoms. The van der Waals surface area contributed by atoms with E-state index in [2.05, 4.69) is 10.3 Å². The first kappa shape index (κ1) is 16.5. The van der Waals surface area contributed by atoms with Crippen LogP contribution in [0.3, 0.4) is 0 Å². The second kappa shape index (κ2) is 7.29. The first-order valence-corrected chi connectivity index (χ1v) is 6.00. The lowest BCUT2D eigenvalue weighted by Gasteiger charge is -2.14. The van der Waals surface area contributed by atoms with E-state index in [0.29, 0.717) is 0 Å². The molecule has 9 heteroatoms. The third-order valence-corrected chi connectivity index (χ3v) is 2.74. The summed E-state index contributed by atoms with van der Waals surface area (Å²) in [6.45, 7) is 1.66. The van der Waals surface area contributed by atoms with Gasteiger partial charge in [-0.05, 0) is 6.92 Å². The minimum atomic E-state index is -1.21. The van der Waals surface area contributed by atoms with Crippen LogP contribution in [0, 0.1) is 17.0 Å². The van der Waals surface area contributed by atoms with Gasteiger partial charge in [-0.1, -0.05) is 0 Å². The van der Waals surface area contributed by atoms with Crippen molar-refractivity contribution in [2.75, 3.05) is 13.7 Å². The number of aliphatic carboxylic acids is 1. The minimum absolute atomic E-state index is 0.0344. The van der Waals surface area contributed by atoms with Gasteiger partial charge in [0.15, 0.2) is 0 Å². The summed E-state index contributed by atoms with van der Waals surface area (Å²) in [6.07, 6.45) is 1.12. The molecule has 1 amide bonds. The maximum Gasteiger partial charge on any atom is 0.326 e. The molecule has 0 saturated carbocycles. The van der Waals surface area contributed by atoms with Crippen molar-refractivity contribution in [2.24, 2.45) is 0 Å². The number of aryl methyl sites for hydroxylation is 1. The highest BCUT2D eigenvalue weighted by molar-refractivity contribution is 5.97. The minimum Gasteiger partial charge on any atom is -0.480 e. The van der Waals surface area contributed by atoms with Crippen LogP contribution in [0.2, 0.25) is 0 Å². The van der Waals surface area contributed by atoms with Crippen molar-refractivity contribution in [1.82, 2.24) is 10.3 Å². The van der Waals surface area contributed by atoms with Gasteiger partial charge in [-0.25, -0.2) is 4.79 Å². The zero-order chi connectivity index (χ0) is 16.0. The molecule has 0 saturated heterocycles. The van der Waals surface area contributed by atoms with Gasteiger partial charge < -0.3 is 15.2 Å². The number of carboxylic acids is 1. The maximum atomic E-state index is 12.0. The molecule has 0 aromatic carbocycles. The van der Waals surface area contributed by atoms with E-state index < -0.39 is 22.8 Å². The number of hydrogen-bond donors (Lipinski definition) is 2. The smallest absolute Gasteiger partial charge is 0.326 e. The second-order valence-corrected chi connectivity index (χ2v) is 4.23. The van der Waals surface area contributed by atoms with E-state index in [1.54, 1.807) is 0 Å². The predicted molar refractivity (Wildman–Crippen MR) is 71.0 cm³/mol. The van der Waals surface area contributed by atoms with Crippen LogP contribution in [0.1, 0.15) is 22.5 Å². The summed E-state index contributed by atoms with van der Waals surface area (Å²) in [5.74, 6) is -1.94. The quantitative estimate of drug-likeness (QED) is 0.553. The highest BCUT2D eigenvalue weighted by Crippen LogP contribution is 2.15. The molecule has 0 fully saturated rings. The molecule has 2 N–H and O–H groups in total. The Hall–Kier alpha value is -2.55. The zero-order valence-corrected chi connectivity index (χ0v) is 11.5. The number of ether oxygens (including phenoxy) is 1. The van der Waals surface area contributed by atoms with Gasteiger partial charge in [0.2, 0.25) is 0 Å². The molecule has 1 atom stereocenters. The van der Waals surface area contributed by atoms with Crippen LogP contribution in [-0.4, -0.2) is 46.6 Å². The number of aromatic nitrogens is 1. The SMILES string of the molecule is COCCC(NC(=O)c1cc([N+](=O)[O-])cnc1C)C(=O)O. The fourth-order valence-corrected chi connectivity index (χ4v) is 1.58. The monoisotopic (exact) mass is 297 g/mol. The molecule has 21 heavy (non-hydrogen) atoms. The lowest BCUT2D eigenvalue weighted by molar-refractivity contribution is -0.385. The average Bonchev–Trinajstić information content (AvgIpc) is 2.42. The summed E-state index contributed by atoms with van der Waals surface area (Å²) in [6, 6.07) is -0.0801. The van der Waals surface area contributed by atoms with Crippen molar-refractivity contribution in [3.8, 4) is 0 Å². The van der Waals surface area contributed by atoms with Crippen LogP contribution in [-0.2, 0) is 9.53 Å². The highest BCUT2D eigenvalue weighted by atomic mass is 16.6. The Balaban J connectivity index is 2.94. The summed E-state index contributed by atoms with van der Waals surface area (Å²) >= 11 is 0. The van der Waals surface area contributed by atoms with Gasteiger partial charge in [0.25, 0.3) is 11.6 Å². The van der Waals surface area contributed by atoms with Crippen molar-refractivity contribution in [3.63, 3.8) is 0 Å². The summed E-state index contributed by atoms with van der Waals surface area (Å²) < 4.78 is 4.77. The largest absolute Gasteiger partial charge is 0.480 e. The van der Waals surface area contributed by atoms with Crippen molar-refractivity contribution >= 4 is 17.6 Å². The fourth-order valence-electron chi connectivity index (χ4n) is 1.58. The first-order chi connectivity index (χ1) is 9.86. The Kier molecular flexibility index (Phi) is 5.73. The number of carboxylic acid groups (broad SMARTS) is 1. The lowest BCUT2D eigenvalue weighted by Crippen LogP contribution is -2.41. The molecule has 0 bridgehead atoms. The van der Waals surface area contributed by atoms with Gasteiger partial charge in [0.05, 0.1) is 16.2 Å². The van der Waals surface area contributed by atoms with E-state index in [0.717, 1.165) is 12.3 Å². The van der Waals surface area contributed by atoms with Gasteiger partial charge in [-0.15, -0.1) is 0 Å². The Morgan fingerprint density at radius 2 is 2.24 bits per heavy atom. The Morgan fingerprint density at radius 3 is 2.76 bits per heavy atom. The number of nitro groups is 1. The molecular weight excluding hydrogens is 282 g/mol. The van der Waals surface area contributed by atoms with Crippen molar-refractivity contribution < 1.29 is 24.4 Å². The normalized spacial score (nSPS) is 11.7. The number of hydrogen-bond acceptors (Lipinski definition) is 6. The molecule has 1 rings (SSSR count). The molecular formula is C12H15N3O6. The van der Waals surface area contributed by atoms with Crippen molar-refractivity contribution in [2.45, 2.75) is 19.4 Å². The zero-order valence-electron chi connectivity index (χ0n) is 11.5. The predicted octanol–water partition coefficient (Wildman–Crippen LogP) is 0.518. The summed E-state index contributed by atoms with van der Waals surface area (Å²) in [5.41, 5.74) is -0.101. The molecule has 0 radical (unpaired) electrons. The third-order valence-electron chi connectivity index (χ3n) is 2.74. The van der Waals surface area contributed by atoms with Crippen LogP contribution in [0.4, 0.5) is 5.69 Å². The second-order valence-electron chi connectivity index (χ2n) is 4.23. The standard InChI is InChI=1S/C12H15N3O6/c1-7-9(5-8(6-13-7)15(19)20)11(16)14-10(12(17)18)3-4-21-2/h5-6,10H,3-4H2,1-2H3,(H,14,16)(H,17,18). The van der Waals surface area contributed by atoms with Gasteiger partial charge in [-0.2, -0.15) is 0 Å². The van der Waals surface area contributed by atoms with Crippen LogP contribution in [0.25, 0.3) is 0 Å². The van der Waals surface area contributed by atoms with Gasteiger partial charge in [0.1, 0.15) is 12.2 Å². The number of nitrogens with zero attached hydrogens (tertiary/aromatic N) is 2. The van der Waals surface area contributed by atoms with Crippen LogP contribution >= 0.6 is 0 Å².